The van der Waals surface area contributed by atoms with E-state index in [1.807, 2.05) is 13.0 Å². The minimum absolute atomic E-state index is 0.361. The van der Waals surface area contributed by atoms with E-state index in [0.717, 1.165) is 19.3 Å². The summed E-state index contributed by atoms with van der Waals surface area (Å²) in [6.45, 7) is 3.69. The second-order valence-corrected chi connectivity index (χ2v) is 5.27. The summed E-state index contributed by atoms with van der Waals surface area (Å²) < 4.78 is 5.32. The Balaban J connectivity index is 2.10. The first kappa shape index (κ1) is 16.0. The lowest BCUT2D eigenvalue weighted by atomic mass is 9.96. The maximum absolute atomic E-state index is 12.4. The number of benzene rings is 1. The lowest BCUT2D eigenvalue weighted by molar-refractivity contribution is -0.133. The van der Waals surface area contributed by atoms with Gasteiger partial charge in [-0.2, -0.15) is 5.26 Å². The van der Waals surface area contributed by atoms with Crippen LogP contribution in [0.5, 0.6) is 5.75 Å². The first-order chi connectivity index (χ1) is 10.7. The Bertz CT molecular complexity index is 569. The summed E-state index contributed by atoms with van der Waals surface area (Å²) >= 11 is 0. The summed E-state index contributed by atoms with van der Waals surface area (Å²) in [5.41, 5.74) is 0.361. The fourth-order valence-corrected chi connectivity index (χ4v) is 2.57. The molecule has 1 atom stereocenters. The zero-order valence-corrected chi connectivity index (χ0v) is 12.7. The largest absolute Gasteiger partial charge is 0.494 e. The molecule has 0 N–H and O–H groups in total. The standard InChI is InChI=1S/C17H20N2O3/c1-2-22-14-8-6-13(7-9-14)16(20)15(12-18)17(21)19-10-4-3-5-11-19/h6-9,15H,2-5,10-11H2,1H3/t15-/m1/s1. The van der Waals surface area contributed by atoms with E-state index in [2.05, 4.69) is 0 Å². The maximum Gasteiger partial charge on any atom is 0.247 e. The molecule has 5 nitrogen and oxygen atoms in total. The number of carbonyl (C=O) groups is 2. The second-order valence-electron chi connectivity index (χ2n) is 5.27. The van der Waals surface area contributed by atoms with Crippen LogP contribution in [0.15, 0.2) is 24.3 Å². The number of hydrogen-bond acceptors (Lipinski definition) is 4. The van der Waals surface area contributed by atoms with E-state index < -0.39 is 11.7 Å². The summed E-state index contributed by atoms with van der Waals surface area (Å²) in [6.07, 6.45) is 2.95. The fraction of sp³-hybridized carbons (Fsp3) is 0.471. The summed E-state index contributed by atoms with van der Waals surface area (Å²) in [5, 5.41) is 9.25. The summed E-state index contributed by atoms with van der Waals surface area (Å²) in [7, 11) is 0. The van der Waals surface area contributed by atoms with Gasteiger partial charge in [-0.05, 0) is 50.5 Å². The number of ketones is 1. The SMILES string of the molecule is CCOc1ccc(C(=O)[C@@H](C#N)C(=O)N2CCCCC2)cc1. The highest BCUT2D eigenvalue weighted by atomic mass is 16.5. The van der Waals surface area contributed by atoms with Crippen molar-refractivity contribution in [2.75, 3.05) is 19.7 Å². The van der Waals surface area contributed by atoms with Crippen LogP contribution in [0.4, 0.5) is 0 Å². The Morgan fingerprint density at radius 1 is 1.23 bits per heavy atom. The van der Waals surface area contributed by atoms with Crippen molar-refractivity contribution in [3.8, 4) is 11.8 Å². The topological polar surface area (TPSA) is 70.4 Å². The van der Waals surface area contributed by atoms with Gasteiger partial charge in [-0.1, -0.05) is 0 Å². The van der Waals surface area contributed by atoms with Crippen LogP contribution in [0, 0.1) is 17.2 Å². The molecule has 1 fully saturated rings. The molecule has 1 amide bonds. The lowest BCUT2D eigenvalue weighted by Gasteiger charge is -2.28. The molecule has 1 aliphatic heterocycles. The zero-order valence-electron chi connectivity index (χ0n) is 12.7. The van der Waals surface area contributed by atoms with Crippen LogP contribution in [0.3, 0.4) is 0 Å². The number of nitrogens with zero attached hydrogens (tertiary/aromatic N) is 2. The van der Waals surface area contributed by atoms with E-state index in [0.29, 0.717) is 31.0 Å². The van der Waals surface area contributed by atoms with E-state index in [9.17, 15) is 14.9 Å². The summed E-state index contributed by atoms with van der Waals surface area (Å²) in [4.78, 5) is 26.4. The Morgan fingerprint density at radius 2 is 1.86 bits per heavy atom. The third-order valence-electron chi connectivity index (χ3n) is 3.76. The molecule has 1 saturated heterocycles. The normalized spacial score (nSPS) is 15.7. The van der Waals surface area contributed by atoms with Crippen molar-refractivity contribution < 1.29 is 14.3 Å². The predicted molar refractivity (Wildman–Crippen MR) is 81.5 cm³/mol. The fourth-order valence-electron chi connectivity index (χ4n) is 2.57. The highest BCUT2D eigenvalue weighted by molar-refractivity contribution is 6.12. The number of amides is 1. The molecule has 0 spiro atoms. The van der Waals surface area contributed by atoms with Gasteiger partial charge in [0, 0.05) is 18.7 Å². The Morgan fingerprint density at radius 3 is 2.41 bits per heavy atom. The van der Waals surface area contributed by atoms with E-state index >= 15 is 0 Å². The van der Waals surface area contributed by atoms with E-state index in [-0.39, 0.29) is 5.91 Å². The number of piperidine rings is 1. The number of carbonyl (C=O) groups excluding carboxylic acids is 2. The van der Waals surface area contributed by atoms with Crippen molar-refractivity contribution in [2.24, 2.45) is 5.92 Å². The minimum atomic E-state index is -1.25. The Kier molecular flexibility index (Phi) is 5.54. The molecule has 116 valence electrons. The van der Waals surface area contributed by atoms with Crippen LogP contribution in [-0.2, 0) is 4.79 Å². The van der Waals surface area contributed by atoms with Gasteiger partial charge < -0.3 is 9.64 Å². The first-order valence-corrected chi connectivity index (χ1v) is 7.63. The van der Waals surface area contributed by atoms with Crippen LogP contribution >= 0.6 is 0 Å². The molecular formula is C17H20N2O3. The molecule has 1 heterocycles. The number of hydrogen-bond donors (Lipinski definition) is 0. The molecule has 1 aromatic rings. The molecule has 1 aromatic carbocycles. The second kappa shape index (κ2) is 7.60. The molecule has 0 bridgehead atoms. The van der Waals surface area contributed by atoms with Gasteiger partial charge in [0.2, 0.25) is 5.91 Å². The van der Waals surface area contributed by atoms with E-state index in [1.165, 1.54) is 0 Å². The molecule has 1 aliphatic rings. The van der Waals surface area contributed by atoms with Gasteiger partial charge >= 0.3 is 0 Å². The van der Waals surface area contributed by atoms with Gasteiger partial charge in [0.1, 0.15) is 5.75 Å². The molecule has 0 saturated carbocycles. The molecule has 0 aromatic heterocycles. The molecule has 2 rings (SSSR count). The summed E-state index contributed by atoms with van der Waals surface area (Å²) in [5.74, 6) is -1.41. The molecule has 0 unspecified atom stereocenters. The quantitative estimate of drug-likeness (QED) is 0.618. The predicted octanol–water partition coefficient (Wildman–Crippen LogP) is 2.42. The van der Waals surface area contributed by atoms with Crippen molar-refractivity contribution in [2.45, 2.75) is 26.2 Å². The molecular weight excluding hydrogens is 280 g/mol. The average molecular weight is 300 g/mol. The monoisotopic (exact) mass is 300 g/mol. The van der Waals surface area contributed by atoms with Crippen molar-refractivity contribution in [3.63, 3.8) is 0 Å². The lowest BCUT2D eigenvalue weighted by Crippen LogP contribution is -2.41. The summed E-state index contributed by atoms with van der Waals surface area (Å²) in [6, 6.07) is 8.42. The molecule has 0 radical (unpaired) electrons. The van der Waals surface area contributed by atoms with Gasteiger partial charge in [-0.15, -0.1) is 0 Å². The van der Waals surface area contributed by atoms with Crippen molar-refractivity contribution in [3.05, 3.63) is 29.8 Å². The third kappa shape index (κ3) is 3.64. The van der Waals surface area contributed by atoms with Gasteiger partial charge in [0.25, 0.3) is 0 Å². The van der Waals surface area contributed by atoms with Crippen LogP contribution in [0.2, 0.25) is 0 Å². The van der Waals surface area contributed by atoms with Gasteiger partial charge in [-0.25, -0.2) is 0 Å². The Labute approximate surface area is 130 Å². The number of ether oxygens (including phenoxy) is 1. The molecule has 22 heavy (non-hydrogen) atoms. The number of likely N-dealkylation sites (tertiary alicyclic amines) is 1. The van der Waals surface area contributed by atoms with Crippen molar-refractivity contribution >= 4 is 11.7 Å². The number of Topliss-reactive ketones (excluding diaryl/α,β-unsaturated/α-hetero) is 1. The van der Waals surface area contributed by atoms with Crippen LogP contribution in [0.1, 0.15) is 36.5 Å². The maximum atomic E-state index is 12.4. The third-order valence-corrected chi connectivity index (χ3v) is 3.76. The van der Waals surface area contributed by atoms with Crippen LogP contribution < -0.4 is 4.74 Å². The number of nitriles is 1. The Hall–Kier alpha value is -2.35. The van der Waals surface area contributed by atoms with Gasteiger partial charge in [0.15, 0.2) is 11.7 Å². The van der Waals surface area contributed by atoms with E-state index in [4.69, 9.17) is 4.74 Å². The molecule has 0 aliphatic carbocycles. The minimum Gasteiger partial charge on any atom is -0.494 e. The van der Waals surface area contributed by atoms with Crippen molar-refractivity contribution in [1.29, 1.82) is 5.26 Å². The van der Waals surface area contributed by atoms with Crippen molar-refractivity contribution in [1.82, 2.24) is 4.90 Å². The highest BCUT2D eigenvalue weighted by Gasteiger charge is 2.31. The van der Waals surface area contributed by atoms with Gasteiger partial charge in [0.05, 0.1) is 12.7 Å². The van der Waals surface area contributed by atoms with Crippen LogP contribution in [0.25, 0.3) is 0 Å². The van der Waals surface area contributed by atoms with Crippen LogP contribution in [-0.4, -0.2) is 36.3 Å². The van der Waals surface area contributed by atoms with E-state index in [1.54, 1.807) is 29.2 Å². The first-order valence-electron chi connectivity index (χ1n) is 7.63. The highest BCUT2D eigenvalue weighted by Crippen LogP contribution is 2.18. The number of rotatable bonds is 5. The smallest absolute Gasteiger partial charge is 0.247 e. The molecule has 5 heteroatoms. The van der Waals surface area contributed by atoms with Gasteiger partial charge in [-0.3, -0.25) is 9.59 Å². The zero-order chi connectivity index (χ0) is 15.9. The average Bonchev–Trinajstić information content (AvgIpc) is 2.57.